The molecule has 1 aromatic heterocycles. The van der Waals surface area contributed by atoms with Crippen molar-refractivity contribution in [3.63, 3.8) is 0 Å². The molecule has 5 nitrogen and oxygen atoms in total. The number of carboxylic acid groups (broad SMARTS) is 1. The fourth-order valence-corrected chi connectivity index (χ4v) is 2.04. The van der Waals surface area contributed by atoms with E-state index < -0.39 is 11.5 Å². The van der Waals surface area contributed by atoms with Crippen molar-refractivity contribution in [3.8, 4) is 0 Å². The molecule has 17 heavy (non-hydrogen) atoms. The first-order valence-corrected chi connectivity index (χ1v) is 5.95. The smallest absolute Gasteiger partial charge is 0.323 e. The lowest BCUT2D eigenvalue weighted by Gasteiger charge is -2.30. The third kappa shape index (κ3) is 3.85. The summed E-state index contributed by atoms with van der Waals surface area (Å²) in [6.45, 7) is 6.43. The second-order valence-corrected chi connectivity index (χ2v) is 4.69. The van der Waals surface area contributed by atoms with Gasteiger partial charge in [0.2, 0.25) is 0 Å². The molecule has 0 bridgehead atoms. The number of aromatic nitrogens is 2. The third-order valence-corrected chi connectivity index (χ3v) is 2.83. The summed E-state index contributed by atoms with van der Waals surface area (Å²) in [6, 6.07) is 0.0804. The molecule has 0 radical (unpaired) electrons. The zero-order valence-electron chi connectivity index (χ0n) is 10.7. The molecule has 0 spiro atoms. The average Bonchev–Trinajstić information content (AvgIpc) is 2.70. The molecule has 0 aromatic carbocycles. The first-order valence-electron chi connectivity index (χ1n) is 5.95. The van der Waals surface area contributed by atoms with Crippen LogP contribution in [0.3, 0.4) is 0 Å². The summed E-state index contributed by atoms with van der Waals surface area (Å²) in [5.41, 5.74) is -0.852. The van der Waals surface area contributed by atoms with E-state index in [1.165, 1.54) is 0 Å². The molecule has 0 fully saturated rings. The van der Waals surface area contributed by atoms with Crippen molar-refractivity contribution in [2.45, 2.75) is 51.7 Å². The molecule has 0 aliphatic heterocycles. The van der Waals surface area contributed by atoms with Gasteiger partial charge in [0.25, 0.3) is 0 Å². The molecule has 2 unspecified atom stereocenters. The molecule has 0 aliphatic carbocycles. The molecule has 0 aliphatic rings. The largest absolute Gasteiger partial charge is 0.480 e. The Hall–Kier alpha value is -1.36. The van der Waals surface area contributed by atoms with Crippen LogP contribution in [0.2, 0.25) is 0 Å². The summed E-state index contributed by atoms with van der Waals surface area (Å²) in [5.74, 6) is -0.795. The van der Waals surface area contributed by atoms with E-state index in [2.05, 4.69) is 10.3 Å². The van der Waals surface area contributed by atoms with Gasteiger partial charge in [0, 0.05) is 25.0 Å². The monoisotopic (exact) mass is 239 g/mol. The van der Waals surface area contributed by atoms with Gasteiger partial charge < -0.3 is 9.67 Å². The number of carbonyl (C=O) groups is 1. The van der Waals surface area contributed by atoms with Crippen LogP contribution in [0, 0.1) is 0 Å². The van der Waals surface area contributed by atoms with Crippen LogP contribution in [0.4, 0.5) is 0 Å². The van der Waals surface area contributed by atoms with E-state index in [-0.39, 0.29) is 6.04 Å². The lowest BCUT2D eigenvalue weighted by Crippen LogP contribution is -2.53. The highest BCUT2D eigenvalue weighted by Crippen LogP contribution is 2.14. The Morgan fingerprint density at radius 3 is 2.82 bits per heavy atom. The molecule has 0 saturated carbocycles. The minimum Gasteiger partial charge on any atom is -0.480 e. The van der Waals surface area contributed by atoms with Crippen LogP contribution in [0.15, 0.2) is 18.7 Å². The summed E-state index contributed by atoms with van der Waals surface area (Å²) >= 11 is 0. The van der Waals surface area contributed by atoms with Crippen molar-refractivity contribution in [2.75, 3.05) is 0 Å². The third-order valence-electron chi connectivity index (χ3n) is 2.83. The standard InChI is InChI=1S/C12H21N3O2/c1-4-5-12(3,11(16)17)14-10(2)8-15-7-6-13-9-15/h6-7,9-10,14H,4-5,8H2,1-3H3,(H,16,17). The number of nitrogens with zero attached hydrogens (tertiary/aromatic N) is 2. The van der Waals surface area contributed by atoms with Crippen molar-refractivity contribution < 1.29 is 9.90 Å². The molecule has 1 rings (SSSR count). The highest BCUT2D eigenvalue weighted by atomic mass is 16.4. The maximum Gasteiger partial charge on any atom is 0.323 e. The van der Waals surface area contributed by atoms with Gasteiger partial charge in [-0.25, -0.2) is 4.98 Å². The molecule has 1 heterocycles. The number of carboxylic acids is 1. The summed E-state index contributed by atoms with van der Waals surface area (Å²) in [7, 11) is 0. The Kier molecular flexibility index (Phi) is 4.69. The Morgan fingerprint density at radius 2 is 2.35 bits per heavy atom. The average molecular weight is 239 g/mol. The normalized spacial score (nSPS) is 16.4. The van der Waals surface area contributed by atoms with E-state index in [0.29, 0.717) is 13.0 Å². The fraction of sp³-hybridized carbons (Fsp3) is 0.667. The van der Waals surface area contributed by atoms with Crippen LogP contribution in [0.1, 0.15) is 33.6 Å². The van der Waals surface area contributed by atoms with Crippen molar-refractivity contribution in [3.05, 3.63) is 18.7 Å². The molecule has 5 heteroatoms. The number of nitrogens with one attached hydrogen (secondary N) is 1. The van der Waals surface area contributed by atoms with Gasteiger partial charge in [-0.1, -0.05) is 13.3 Å². The molecule has 0 saturated heterocycles. The zero-order valence-corrected chi connectivity index (χ0v) is 10.7. The van der Waals surface area contributed by atoms with Gasteiger partial charge >= 0.3 is 5.97 Å². The van der Waals surface area contributed by atoms with E-state index in [4.69, 9.17) is 0 Å². The Bertz CT molecular complexity index is 351. The number of imidazole rings is 1. The van der Waals surface area contributed by atoms with Gasteiger partial charge in [-0.15, -0.1) is 0 Å². The number of hydrogen-bond acceptors (Lipinski definition) is 3. The minimum atomic E-state index is -0.852. The van der Waals surface area contributed by atoms with Crippen LogP contribution in [-0.4, -0.2) is 32.2 Å². The zero-order chi connectivity index (χ0) is 12.9. The molecular formula is C12H21N3O2. The lowest BCUT2D eigenvalue weighted by atomic mass is 9.95. The van der Waals surface area contributed by atoms with Gasteiger partial charge in [-0.3, -0.25) is 10.1 Å². The van der Waals surface area contributed by atoms with Crippen LogP contribution in [-0.2, 0) is 11.3 Å². The molecule has 2 N–H and O–H groups in total. The number of hydrogen-bond donors (Lipinski definition) is 2. The second kappa shape index (κ2) is 5.82. The highest BCUT2D eigenvalue weighted by molar-refractivity contribution is 5.78. The predicted molar refractivity (Wildman–Crippen MR) is 65.8 cm³/mol. The topological polar surface area (TPSA) is 67.2 Å². The first-order chi connectivity index (χ1) is 7.98. The van der Waals surface area contributed by atoms with E-state index in [0.717, 1.165) is 6.42 Å². The molecule has 0 amide bonds. The van der Waals surface area contributed by atoms with E-state index in [9.17, 15) is 9.90 Å². The first kappa shape index (κ1) is 13.7. The lowest BCUT2D eigenvalue weighted by molar-refractivity contribution is -0.144. The van der Waals surface area contributed by atoms with Crippen LogP contribution in [0.5, 0.6) is 0 Å². The maximum atomic E-state index is 11.3. The quantitative estimate of drug-likeness (QED) is 0.756. The molecule has 1 aromatic rings. The summed E-state index contributed by atoms with van der Waals surface area (Å²) in [5, 5.41) is 12.4. The van der Waals surface area contributed by atoms with Crippen LogP contribution in [0.25, 0.3) is 0 Å². The van der Waals surface area contributed by atoms with Gasteiger partial charge in [0.1, 0.15) is 5.54 Å². The van der Waals surface area contributed by atoms with Gasteiger partial charge in [0.15, 0.2) is 0 Å². The summed E-state index contributed by atoms with van der Waals surface area (Å²) in [4.78, 5) is 15.2. The van der Waals surface area contributed by atoms with Crippen molar-refractivity contribution in [1.29, 1.82) is 0 Å². The van der Waals surface area contributed by atoms with Gasteiger partial charge in [-0.05, 0) is 20.3 Å². The maximum absolute atomic E-state index is 11.3. The minimum absolute atomic E-state index is 0.0804. The Morgan fingerprint density at radius 1 is 1.65 bits per heavy atom. The SMILES string of the molecule is CCCC(C)(NC(C)Cn1ccnc1)C(=O)O. The highest BCUT2D eigenvalue weighted by Gasteiger charge is 2.32. The van der Waals surface area contributed by atoms with Crippen molar-refractivity contribution >= 4 is 5.97 Å². The van der Waals surface area contributed by atoms with Crippen LogP contribution >= 0.6 is 0 Å². The van der Waals surface area contributed by atoms with E-state index >= 15 is 0 Å². The predicted octanol–water partition coefficient (Wildman–Crippen LogP) is 1.50. The van der Waals surface area contributed by atoms with Crippen LogP contribution < -0.4 is 5.32 Å². The number of aliphatic carboxylic acids is 1. The molecule has 96 valence electrons. The van der Waals surface area contributed by atoms with Crippen molar-refractivity contribution in [1.82, 2.24) is 14.9 Å². The summed E-state index contributed by atoms with van der Waals surface area (Å²) < 4.78 is 1.94. The molecular weight excluding hydrogens is 218 g/mol. The Labute approximate surface area is 102 Å². The van der Waals surface area contributed by atoms with E-state index in [1.807, 2.05) is 24.6 Å². The summed E-state index contributed by atoms with van der Waals surface area (Å²) in [6.07, 6.45) is 6.78. The molecule has 2 atom stereocenters. The second-order valence-electron chi connectivity index (χ2n) is 4.69. The van der Waals surface area contributed by atoms with Gasteiger partial charge in [0.05, 0.1) is 6.33 Å². The number of rotatable bonds is 7. The van der Waals surface area contributed by atoms with Crippen molar-refractivity contribution in [2.24, 2.45) is 0 Å². The Balaban J connectivity index is 2.58. The van der Waals surface area contributed by atoms with Gasteiger partial charge in [-0.2, -0.15) is 0 Å². The van der Waals surface area contributed by atoms with E-state index in [1.54, 1.807) is 19.4 Å². The fourth-order valence-electron chi connectivity index (χ4n) is 2.04.